The lowest BCUT2D eigenvalue weighted by Crippen LogP contribution is -2.28. The molecular formula is C18H19BrN2O2. The minimum Gasteiger partial charge on any atom is -0.466 e. The molecule has 1 aromatic carbocycles. The van der Waals surface area contributed by atoms with E-state index in [1.807, 2.05) is 62.7 Å². The maximum atomic E-state index is 12.8. The number of rotatable bonds is 3. The van der Waals surface area contributed by atoms with E-state index in [0.717, 1.165) is 32.5 Å². The molecule has 2 aromatic heterocycles. The van der Waals surface area contributed by atoms with Crippen LogP contribution in [0.1, 0.15) is 40.5 Å². The summed E-state index contributed by atoms with van der Waals surface area (Å²) in [7, 11) is 1.90. The monoisotopic (exact) mass is 374 g/mol. The molecule has 23 heavy (non-hydrogen) atoms. The van der Waals surface area contributed by atoms with Crippen molar-refractivity contribution in [3.63, 3.8) is 0 Å². The van der Waals surface area contributed by atoms with Crippen LogP contribution in [0.5, 0.6) is 0 Å². The van der Waals surface area contributed by atoms with Crippen LogP contribution in [-0.4, -0.2) is 10.5 Å². The first-order valence-corrected chi connectivity index (χ1v) is 8.30. The van der Waals surface area contributed by atoms with Gasteiger partial charge >= 0.3 is 0 Å². The van der Waals surface area contributed by atoms with E-state index in [9.17, 15) is 4.79 Å². The van der Waals surface area contributed by atoms with Gasteiger partial charge < -0.3 is 14.3 Å². The topological polar surface area (TPSA) is 47.2 Å². The van der Waals surface area contributed by atoms with Gasteiger partial charge in [-0.05, 0) is 48.8 Å². The first-order chi connectivity index (χ1) is 10.9. The number of aryl methyl sites for hydroxylation is 3. The second-order valence-electron chi connectivity index (χ2n) is 5.80. The van der Waals surface area contributed by atoms with Crippen LogP contribution in [0.2, 0.25) is 0 Å². The fourth-order valence-corrected chi connectivity index (χ4v) is 3.80. The summed E-state index contributed by atoms with van der Waals surface area (Å²) < 4.78 is 8.28. The zero-order valence-electron chi connectivity index (χ0n) is 13.6. The van der Waals surface area contributed by atoms with Gasteiger partial charge in [0.25, 0.3) is 5.91 Å². The van der Waals surface area contributed by atoms with Crippen molar-refractivity contribution in [2.24, 2.45) is 7.05 Å². The summed E-state index contributed by atoms with van der Waals surface area (Å²) in [5.41, 5.74) is 2.65. The lowest BCUT2D eigenvalue weighted by atomic mass is 10.1. The van der Waals surface area contributed by atoms with Gasteiger partial charge in [0.2, 0.25) is 0 Å². The molecule has 1 unspecified atom stereocenters. The SMILES string of the molecule is Cc1cc(C(C)NC(=O)c2c(Br)c3ccccc3n2C)c(C)o1. The number of para-hydroxylation sites is 1. The summed E-state index contributed by atoms with van der Waals surface area (Å²) in [6.07, 6.45) is 0. The summed E-state index contributed by atoms with van der Waals surface area (Å²) in [6, 6.07) is 9.79. The molecule has 4 nitrogen and oxygen atoms in total. The van der Waals surface area contributed by atoms with Gasteiger partial charge in [-0.15, -0.1) is 0 Å². The van der Waals surface area contributed by atoms with Crippen molar-refractivity contribution in [1.82, 2.24) is 9.88 Å². The summed E-state index contributed by atoms with van der Waals surface area (Å²) >= 11 is 3.57. The molecule has 3 rings (SSSR count). The highest BCUT2D eigenvalue weighted by molar-refractivity contribution is 9.10. The zero-order valence-corrected chi connectivity index (χ0v) is 15.2. The highest BCUT2D eigenvalue weighted by atomic mass is 79.9. The third-order valence-electron chi connectivity index (χ3n) is 4.15. The number of hydrogen-bond acceptors (Lipinski definition) is 2. The summed E-state index contributed by atoms with van der Waals surface area (Å²) in [6.45, 7) is 5.79. The second kappa shape index (κ2) is 5.89. The Bertz CT molecular complexity index is 853. The highest BCUT2D eigenvalue weighted by Crippen LogP contribution is 2.31. The number of aromatic nitrogens is 1. The van der Waals surface area contributed by atoms with Crippen LogP contribution >= 0.6 is 15.9 Å². The molecular weight excluding hydrogens is 356 g/mol. The van der Waals surface area contributed by atoms with Crippen LogP contribution < -0.4 is 5.32 Å². The maximum Gasteiger partial charge on any atom is 0.269 e. The Morgan fingerprint density at radius 3 is 2.61 bits per heavy atom. The normalized spacial score (nSPS) is 12.6. The van der Waals surface area contributed by atoms with Crippen molar-refractivity contribution in [2.75, 3.05) is 0 Å². The minimum absolute atomic E-state index is 0.110. The number of nitrogens with zero attached hydrogens (tertiary/aromatic N) is 1. The molecule has 0 aliphatic carbocycles. The van der Waals surface area contributed by atoms with E-state index < -0.39 is 0 Å². The molecule has 0 fully saturated rings. The van der Waals surface area contributed by atoms with Gasteiger partial charge in [-0.3, -0.25) is 4.79 Å². The van der Waals surface area contributed by atoms with Crippen LogP contribution in [0, 0.1) is 13.8 Å². The van der Waals surface area contributed by atoms with E-state index in [-0.39, 0.29) is 11.9 Å². The van der Waals surface area contributed by atoms with Crippen molar-refractivity contribution < 1.29 is 9.21 Å². The first-order valence-electron chi connectivity index (χ1n) is 7.51. The number of nitrogens with one attached hydrogen (secondary N) is 1. The van der Waals surface area contributed by atoms with Crippen LogP contribution in [0.15, 0.2) is 39.2 Å². The summed E-state index contributed by atoms with van der Waals surface area (Å²) in [5, 5.41) is 4.09. The Kier molecular flexibility index (Phi) is 4.06. The number of benzene rings is 1. The average molecular weight is 375 g/mol. The second-order valence-corrected chi connectivity index (χ2v) is 6.60. The van der Waals surface area contributed by atoms with Gasteiger partial charge in [0.1, 0.15) is 17.2 Å². The molecule has 1 atom stereocenters. The quantitative estimate of drug-likeness (QED) is 0.725. The van der Waals surface area contributed by atoms with Crippen LogP contribution in [-0.2, 0) is 7.05 Å². The molecule has 1 N–H and O–H groups in total. The van der Waals surface area contributed by atoms with Crippen molar-refractivity contribution >= 4 is 32.7 Å². The van der Waals surface area contributed by atoms with Gasteiger partial charge in [0.15, 0.2) is 0 Å². The average Bonchev–Trinajstić information content (AvgIpc) is 2.97. The fraction of sp³-hybridized carbons (Fsp3) is 0.278. The Morgan fingerprint density at radius 2 is 2.00 bits per heavy atom. The molecule has 0 aliphatic heterocycles. The molecule has 0 saturated heterocycles. The molecule has 0 aliphatic rings. The van der Waals surface area contributed by atoms with E-state index in [2.05, 4.69) is 21.2 Å². The predicted molar refractivity (Wildman–Crippen MR) is 94.7 cm³/mol. The van der Waals surface area contributed by atoms with Gasteiger partial charge in [0, 0.05) is 23.5 Å². The number of carbonyl (C=O) groups excluding carboxylic acids is 1. The van der Waals surface area contributed by atoms with Crippen molar-refractivity contribution in [2.45, 2.75) is 26.8 Å². The van der Waals surface area contributed by atoms with Crippen molar-refractivity contribution in [1.29, 1.82) is 0 Å². The predicted octanol–water partition coefficient (Wildman–Crippen LogP) is 4.64. The lowest BCUT2D eigenvalue weighted by Gasteiger charge is -2.14. The van der Waals surface area contributed by atoms with Gasteiger partial charge in [-0.2, -0.15) is 0 Å². The van der Waals surface area contributed by atoms with Crippen LogP contribution in [0.25, 0.3) is 10.9 Å². The minimum atomic E-state index is -0.120. The Morgan fingerprint density at radius 1 is 1.30 bits per heavy atom. The molecule has 1 amide bonds. The Labute approximate surface area is 143 Å². The van der Waals surface area contributed by atoms with E-state index >= 15 is 0 Å². The molecule has 2 heterocycles. The molecule has 5 heteroatoms. The molecule has 0 spiro atoms. The third-order valence-corrected chi connectivity index (χ3v) is 4.96. The van der Waals surface area contributed by atoms with E-state index in [1.54, 1.807) is 0 Å². The summed E-state index contributed by atoms with van der Waals surface area (Å²) in [4.78, 5) is 12.8. The first kappa shape index (κ1) is 15.9. The van der Waals surface area contributed by atoms with Gasteiger partial charge in [-0.25, -0.2) is 0 Å². The third kappa shape index (κ3) is 2.70. The van der Waals surface area contributed by atoms with Crippen LogP contribution in [0.4, 0.5) is 0 Å². The number of hydrogen-bond donors (Lipinski definition) is 1. The number of furan rings is 1. The van der Waals surface area contributed by atoms with E-state index in [4.69, 9.17) is 4.42 Å². The number of halogens is 1. The number of fused-ring (bicyclic) bond motifs is 1. The largest absolute Gasteiger partial charge is 0.466 e. The van der Waals surface area contributed by atoms with Crippen molar-refractivity contribution in [3.8, 4) is 0 Å². The van der Waals surface area contributed by atoms with Crippen molar-refractivity contribution in [3.05, 3.63) is 57.6 Å². The standard InChI is InChI=1S/C18H19BrN2O2/c1-10-9-14(12(3)23-10)11(2)20-18(22)17-16(19)13-7-5-6-8-15(13)21(17)4/h5-9,11H,1-4H3,(H,20,22). The number of amides is 1. The fourth-order valence-electron chi connectivity index (χ4n) is 3.02. The van der Waals surface area contributed by atoms with Gasteiger partial charge in [0.05, 0.1) is 10.5 Å². The van der Waals surface area contributed by atoms with Gasteiger partial charge in [-0.1, -0.05) is 18.2 Å². The maximum absolute atomic E-state index is 12.8. The Hall–Kier alpha value is -2.01. The zero-order chi connectivity index (χ0) is 16.7. The number of carbonyl (C=O) groups is 1. The molecule has 120 valence electrons. The van der Waals surface area contributed by atoms with E-state index in [1.165, 1.54) is 0 Å². The molecule has 0 radical (unpaired) electrons. The highest BCUT2D eigenvalue weighted by Gasteiger charge is 2.22. The molecule has 0 saturated carbocycles. The molecule has 0 bridgehead atoms. The smallest absolute Gasteiger partial charge is 0.269 e. The Balaban J connectivity index is 1.94. The van der Waals surface area contributed by atoms with E-state index in [0.29, 0.717) is 5.69 Å². The summed E-state index contributed by atoms with van der Waals surface area (Å²) in [5.74, 6) is 1.58. The molecule has 3 aromatic rings. The van der Waals surface area contributed by atoms with Crippen LogP contribution in [0.3, 0.4) is 0 Å². The lowest BCUT2D eigenvalue weighted by molar-refractivity contribution is 0.0931.